The molecule has 0 aromatic carbocycles. The van der Waals surface area contributed by atoms with Crippen molar-refractivity contribution in [3.63, 3.8) is 0 Å². The monoisotopic (exact) mass is 492 g/mol. The number of Topliss-reactive ketones (excluding diaryl/α,β-unsaturated/α-hetero) is 1. The molecule has 6 rings (SSSR count). The highest BCUT2D eigenvalue weighted by atomic mass is 19.4. The molecule has 1 aromatic heterocycles. The molecular formula is C28H39F3N2O2. The van der Waals surface area contributed by atoms with Gasteiger partial charge in [0.05, 0.1) is 24.4 Å². The summed E-state index contributed by atoms with van der Waals surface area (Å²) in [6.07, 6.45) is 9.07. The Bertz CT molecular complexity index is 1010. The zero-order valence-electron chi connectivity index (χ0n) is 21.0. The van der Waals surface area contributed by atoms with Crippen molar-refractivity contribution >= 4 is 5.78 Å². The predicted molar refractivity (Wildman–Crippen MR) is 125 cm³/mol. The van der Waals surface area contributed by atoms with Gasteiger partial charge < -0.3 is 5.11 Å². The minimum absolute atomic E-state index is 0.0631. The topological polar surface area (TPSA) is 55.1 Å². The van der Waals surface area contributed by atoms with Crippen molar-refractivity contribution < 1.29 is 23.1 Å². The smallest absolute Gasteiger partial charge is 0.393 e. The number of ketones is 1. The zero-order chi connectivity index (χ0) is 24.8. The van der Waals surface area contributed by atoms with Crippen LogP contribution in [0, 0.1) is 45.8 Å². The first-order valence-corrected chi connectivity index (χ1v) is 13.8. The first-order valence-electron chi connectivity index (χ1n) is 13.8. The van der Waals surface area contributed by atoms with E-state index in [0.29, 0.717) is 23.7 Å². The van der Waals surface area contributed by atoms with E-state index in [1.165, 1.54) is 30.4 Å². The van der Waals surface area contributed by atoms with Crippen LogP contribution in [0.1, 0.15) is 90.0 Å². The van der Waals surface area contributed by atoms with Gasteiger partial charge in [-0.1, -0.05) is 20.3 Å². The average Bonchev–Trinajstić information content (AvgIpc) is 3.14. The minimum Gasteiger partial charge on any atom is -0.393 e. The van der Waals surface area contributed by atoms with Gasteiger partial charge in [-0.05, 0) is 104 Å². The van der Waals surface area contributed by atoms with E-state index in [1.54, 1.807) is 0 Å². The summed E-state index contributed by atoms with van der Waals surface area (Å²) in [5.41, 5.74) is -0.382. The molecule has 194 valence electrons. The first kappa shape index (κ1) is 24.0. The molecule has 5 aliphatic rings. The summed E-state index contributed by atoms with van der Waals surface area (Å²) in [6.45, 7) is 4.78. The van der Waals surface area contributed by atoms with Crippen molar-refractivity contribution in [2.75, 3.05) is 0 Å². The average molecular weight is 493 g/mol. The molecule has 1 N–H and O–H groups in total. The van der Waals surface area contributed by atoms with E-state index >= 15 is 0 Å². The lowest BCUT2D eigenvalue weighted by atomic mass is 9.52. The van der Waals surface area contributed by atoms with E-state index < -0.39 is 11.7 Å². The summed E-state index contributed by atoms with van der Waals surface area (Å²) in [4.78, 5) is 13.7. The first-order chi connectivity index (χ1) is 16.5. The van der Waals surface area contributed by atoms with Crippen molar-refractivity contribution in [1.82, 2.24) is 9.78 Å². The molecular weight excluding hydrogens is 453 g/mol. The number of fused-ring (bicyclic) bond motifs is 3. The Morgan fingerprint density at radius 3 is 2.57 bits per heavy atom. The highest BCUT2D eigenvalue weighted by Gasteiger charge is 2.75. The number of carbonyl (C=O) groups is 1. The molecule has 9 atom stereocenters. The Morgan fingerprint density at radius 1 is 1.06 bits per heavy atom. The number of aliphatic hydroxyl groups is 1. The zero-order valence-corrected chi connectivity index (χ0v) is 21.0. The number of aliphatic hydroxyl groups excluding tert-OH is 1. The third-order valence-electron chi connectivity index (χ3n) is 12.1. The second-order valence-corrected chi connectivity index (χ2v) is 13.2. The van der Waals surface area contributed by atoms with Gasteiger partial charge in [0.1, 0.15) is 0 Å². The fourth-order valence-corrected chi connectivity index (χ4v) is 10.2. The summed E-state index contributed by atoms with van der Waals surface area (Å²) >= 11 is 0. The van der Waals surface area contributed by atoms with Gasteiger partial charge in [-0.15, -0.1) is 0 Å². The normalized spacial score (nSPS) is 47.0. The molecule has 7 heteroatoms. The standard InChI is InChI=1S/C28H39F3N2O2/c1-25-10-8-20(34)12-17(25)5-6-21-23-13-18(25)7-11-26(2)22(4-3-9-27(21,23)26)24(35)16-33-15-19(14-32-33)28(29,30)31/h14-15,17-18,20-23,34H,3-13,16H2,1-2H3/t17-,18-,20+,21?,22+,23?,25-,26+,27-/m0/s1. The second-order valence-electron chi connectivity index (χ2n) is 13.2. The minimum atomic E-state index is -4.44. The molecule has 2 bridgehead atoms. The van der Waals surface area contributed by atoms with Crippen LogP contribution >= 0.6 is 0 Å². The third kappa shape index (κ3) is 3.42. The maximum absolute atomic E-state index is 13.7. The Balaban J connectivity index is 1.28. The van der Waals surface area contributed by atoms with Crippen molar-refractivity contribution in [3.8, 4) is 0 Å². The van der Waals surface area contributed by atoms with Crippen LogP contribution in [0.2, 0.25) is 0 Å². The summed E-state index contributed by atoms with van der Waals surface area (Å²) in [6, 6.07) is 0. The van der Waals surface area contributed by atoms with E-state index in [9.17, 15) is 23.1 Å². The Hall–Kier alpha value is -1.37. The van der Waals surface area contributed by atoms with Gasteiger partial charge in [-0.2, -0.15) is 18.3 Å². The molecule has 4 nitrogen and oxygen atoms in total. The van der Waals surface area contributed by atoms with Crippen LogP contribution in [0.4, 0.5) is 13.2 Å². The van der Waals surface area contributed by atoms with Gasteiger partial charge in [0.15, 0.2) is 5.78 Å². The largest absolute Gasteiger partial charge is 0.419 e. The van der Waals surface area contributed by atoms with Crippen LogP contribution < -0.4 is 0 Å². The SMILES string of the molecule is C[C@]12CC[C@@H](O)C[C@@H]1CCC1C3C[C@@H]2CC[C@]2(C)[C@@H](C(=O)Cn4cc(C(F)(F)F)cn4)CCC[C@]132. The fourth-order valence-electron chi connectivity index (χ4n) is 10.2. The number of alkyl halides is 3. The number of carbonyl (C=O) groups excluding carboxylic acids is 1. The van der Waals surface area contributed by atoms with Crippen LogP contribution in [0.15, 0.2) is 12.4 Å². The van der Waals surface area contributed by atoms with Gasteiger partial charge in [0, 0.05) is 12.1 Å². The molecule has 0 saturated heterocycles. The van der Waals surface area contributed by atoms with Crippen molar-refractivity contribution in [3.05, 3.63) is 18.0 Å². The maximum Gasteiger partial charge on any atom is 0.419 e. The lowest BCUT2D eigenvalue weighted by molar-refractivity contribution is -0.138. The summed E-state index contributed by atoms with van der Waals surface area (Å²) < 4.78 is 40.4. The lowest BCUT2D eigenvalue weighted by Crippen LogP contribution is -2.47. The van der Waals surface area contributed by atoms with Gasteiger partial charge >= 0.3 is 6.18 Å². The van der Waals surface area contributed by atoms with E-state index in [-0.39, 0.29) is 40.6 Å². The van der Waals surface area contributed by atoms with E-state index in [4.69, 9.17) is 0 Å². The van der Waals surface area contributed by atoms with Gasteiger partial charge in [-0.25, -0.2) is 0 Å². The molecule has 0 amide bonds. The Morgan fingerprint density at radius 2 is 1.83 bits per heavy atom. The van der Waals surface area contributed by atoms with Crippen LogP contribution in [0.3, 0.4) is 0 Å². The highest BCUT2D eigenvalue weighted by Crippen LogP contribution is 2.81. The van der Waals surface area contributed by atoms with Crippen molar-refractivity contribution in [2.24, 2.45) is 45.8 Å². The molecule has 0 aliphatic heterocycles. The molecule has 35 heavy (non-hydrogen) atoms. The molecule has 5 aliphatic carbocycles. The van der Waals surface area contributed by atoms with Crippen LogP contribution in [0.25, 0.3) is 0 Å². The lowest BCUT2D eigenvalue weighted by Gasteiger charge is -2.52. The van der Waals surface area contributed by atoms with Crippen LogP contribution in [-0.4, -0.2) is 26.8 Å². The fraction of sp³-hybridized carbons (Fsp3) is 0.857. The van der Waals surface area contributed by atoms with E-state index in [1.807, 2.05) is 0 Å². The number of hydrogen-bond donors (Lipinski definition) is 1. The summed E-state index contributed by atoms with van der Waals surface area (Å²) in [5, 5.41) is 14.3. The molecule has 5 saturated carbocycles. The Labute approximate surface area is 206 Å². The van der Waals surface area contributed by atoms with Crippen molar-refractivity contribution in [1.29, 1.82) is 0 Å². The number of nitrogens with zero attached hydrogens (tertiary/aromatic N) is 2. The Kier molecular flexibility index (Phi) is 5.36. The van der Waals surface area contributed by atoms with Crippen LogP contribution in [-0.2, 0) is 17.5 Å². The highest BCUT2D eigenvalue weighted by molar-refractivity contribution is 5.82. The maximum atomic E-state index is 13.7. The van der Waals surface area contributed by atoms with Gasteiger partial charge in [0.25, 0.3) is 0 Å². The third-order valence-corrected chi connectivity index (χ3v) is 12.1. The predicted octanol–water partition coefficient (Wildman–Crippen LogP) is 6.27. The van der Waals surface area contributed by atoms with Gasteiger partial charge in [0.2, 0.25) is 0 Å². The van der Waals surface area contributed by atoms with Crippen molar-refractivity contribution in [2.45, 2.75) is 103 Å². The molecule has 0 radical (unpaired) electrons. The molecule has 1 heterocycles. The molecule has 2 unspecified atom stereocenters. The molecule has 1 aromatic rings. The van der Waals surface area contributed by atoms with Gasteiger partial charge in [-0.3, -0.25) is 9.48 Å². The van der Waals surface area contributed by atoms with E-state index in [0.717, 1.165) is 57.3 Å². The molecule has 1 spiro atoms. The number of halogens is 3. The quantitative estimate of drug-likeness (QED) is 0.541. The number of aromatic nitrogens is 2. The second kappa shape index (κ2) is 7.82. The number of hydrogen-bond acceptors (Lipinski definition) is 3. The summed E-state index contributed by atoms with van der Waals surface area (Å²) in [7, 11) is 0. The van der Waals surface area contributed by atoms with E-state index in [2.05, 4.69) is 18.9 Å². The van der Waals surface area contributed by atoms with Crippen LogP contribution in [0.5, 0.6) is 0 Å². The summed E-state index contributed by atoms with van der Waals surface area (Å²) in [5.74, 6) is 2.55. The molecule has 5 fully saturated rings. The number of rotatable bonds is 3.